The van der Waals surface area contributed by atoms with Gasteiger partial charge in [0.1, 0.15) is 5.82 Å². The number of benzene rings is 1. The van der Waals surface area contributed by atoms with E-state index in [4.69, 9.17) is 9.47 Å². The Labute approximate surface area is 154 Å². The molecule has 0 amide bonds. The number of nitrogens with zero attached hydrogens (tertiary/aromatic N) is 3. The standard InChI is InChI=1S/C19H27N5O2/c1-20-18-8-10-21-19(23-18)22-14-6-7-16(25-3)17(13-14)26-12-9-15-5-4-11-24(15)2/h6-8,10,13,15H,4-5,9,11-12H2,1-3H3,(H2,20,21,22,23). The van der Waals surface area contributed by atoms with Gasteiger partial charge in [0.05, 0.1) is 13.7 Å². The van der Waals surface area contributed by atoms with E-state index in [0.717, 1.165) is 29.4 Å². The third-order valence-electron chi connectivity index (χ3n) is 4.71. The number of anilines is 3. The summed E-state index contributed by atoms with van der Waals surface area (Å²) < 4.78 is 11.4. The summed E-state index contributed by atoms with van der Waals surface area (Å²) in [5, 5.41) is 6.20. The maximum absolute atomic E-state index is 6.02. The Bertz CT molecular complexity index is 725. The highest BCUT2D eigenvalue weighted by atomic mass is 16.5. The Kier molecular flexibility index (Phi) is 6.12. The van der Waals surface area contributed by atoms with Crippen molar-refractivity contribution in [2.75, 3.05) is 45.0 Å². The van der Waals surface area contributed by atoms with E-state index in [1.807, 2.05) is 31.3 Å². The average Bonchev–Trinajstić information content (AvgIpc) is 3.07. The summed E-state index contributed by atoms with van der Waals surface area (Å²) in [7, 11) is 5.66. The molecule has 1 fully saturated rings. The van der Waals surface area contributed by atoms with Crippen LogP contribution in [0.5, 0.6) is 11.5 Å². The average molecular weight is 357 g/mol. The van der Waals surface area contributed by atoms with Crippen LogP contribution in [0.2, 0.25) is 0 Å². The van der Waals surface area contributed by atoms with Crippen LogP contribution in [-0.2, 0) is 0 Å². The predicted molar refractivity (Wildman–Crippen MR) is 104 cm³/mol. The molecule has 7 heteroatoms. The van der Waals surface area contributed by atoms with Crippen molar-refractivity contribution < 1.29 is 9.47 Å². The molecule has 2 heterocycles. The van der Waals surface area contributed by atoms with Gasteiger partial charge in [-0.25, -0.2) is 4.98 Å². The SMILES string of the molecule is CNc1ccnc(Nc2ccc(OC)c(OCCC3CCCN3C)c2)n1. The van der Waals surface area contributed by atoms with Crippen molar-refractivity contribution >= 4 is 17.5 Å². The van der Waals surface area contributed by atoms with Gasteiger partial charge in [0.25, 0.3) is 0 Å². The molecule has 0 radical (unpaired) electrons. The van der Waals surface area contributed by atoms with Crippen LogP contribution in [0, 0.1) is 0 Å². The Hall–Kier alpha value is -2.54. The Balaban J connectivity index is 1.65. The zero-order valence-electron chi connectivity index (χ0n) is 15.7. The van der Waals surface area contributed by atoms with Crippen LogP contribution in [0.4, 0.5) is 17.5 Å². The fourth-order valence-electron chi connectivity index (χ4n) is 3.20. The lowest BCUT2D eigenvalue weighted by atomic mass is 10.1. The van der Waals surface area contributed by atoms with Crippen LogP contribution in [0.1, 0.15) is 19.3 Å². The van der Waals surface area contributed by atoms with Crippen molar-refractivity contribution in [1.29, 1.82) is 0 Å². The molecule has 1 atom stereocenters. The van der Waals surface area contributed by atoms with Gasteiger partial charge >= 0.3 is 0 Å². The molecule has 1 aromatic heterocycles. The smallest absolute Gasteiger partial charge is 0.229 e. The van der Waals surface area contributed by atoms with E-state index in [-0.39, 0.29) is 0 Å². The second-order valence-corrected chi connectivity index (χ2v) is 6.42. The summed E-state index contributed by atoms with van der Waals surface area (Å²) in [6.07, 6.45) is 5.25. The first-order chi connectivity index (χ1) is 12.7. The van der Waals surface area contributed by atoms with Crippen LogP contribution in [0.15, 0.2) is 30.5 Å². The lowest BCUT2D eigenvalue weighted by Crippen LogP contribution is -2.26. The van der Waals surface area contributed by atoms with Gasteiger partial charge in [-0.2, -0.15) is 4.98 Å². The molecular weight excluding hydrogens is 330 g/mol. The van der Waals surface area contributed by atoms with Gasteiger partial charge in [0.15, 0.2) is 11.5 Å². The highest BCUT2D eigenvalue weighted by molar-refractivity contribution is 5.60. The molecule has 26 heavy (non-hydrogen) atoms. The molecule has 2 N–H and O–H groups in total. The van der Waals surface area contributed by atoms with E-state index in [9.17, 15) is 0 Å². The van der Waals surface area contributed by atoms with Crippen molar-refractivity contribution in [3.63, 3.8) is 0 Å². The van der Waals surface area contributed by atoms with Gasteiger partial charge in [0, 0.05) is 31.0 Å². The lowest BCUT2D eigenvalue weighted by molar-refractivity contribution is 0.227. The first kappa shape index (κ1) is 18.3. The molecule has 1 saturated heterocycles. The Morgan fingerprint density at radius 1 is 1.27 bits per heavy atom. The molecule has 7 nitrogen and oxygen atoms in total. The first-order valence-electron chi connectivity index (χ1n) is 8.98. The fraction of sp³-hybridized carbons (Fsp3) is 0.474. The second-order valence-electron chi connectivity index (χ2n) is 6.42. The molecule has 0 aliphatic carbocycles. The zero-order valence-corrected chi connectivity index (χ0v) is 15.7. The van der Waals surface area contributed by atoms with Crippen LogP contribution in [0.3, 0.4) is 0 Å². The van der Waals surface area contributed by atoms with Gasteiger partial charge < -0.3 is 25.0 Å². The predicted octanol–water partition coefficient (Wildman–Crippen LogP) is 3.13. The van der Waals surface area contributed by atoms with Crippen LogP contribution >= 0.6 is 0 Å². The van der Waals surface area contributed by atoms with Gasteiger partial charge in [-0.3, -0.25) is 0 Å². The van der Waals surface area contributed by atoms with E-state index in [1.54, 1.807) is 13.3 Å². The summed E-state index contributed by atoms with van der Waals surface area (Å²) >= 11 is 0. The number of aromatic nitrogens is 2. The molecule has 140 valence electrons. The Morgan fingerprint density at radius 2 is 2.15 bits per heavy atom. The molecule has 3 rings (SSSR count). The van der Waals surface area contributed by atoms with Gasteiger partial charge in [0.2, 0.25) is 5.95 Å². The van der Waals surface area contributed by atoms with Crippen molar-refractivity contribution in [3.05, 3.63) is 30.5 Å². The van der Waals surface area contributed by atoms with Crippen molar-refractivity contribution in [2.24, 2.45) is 0 Å². The Morgan fingerprint density at radius 3 is 2.88 bits per heavy atom. The molecule has 1 aliphatic heterocycles. The number of nitrogens with one attached hydrogen (secondary N) is 2. The molecule has 1 aliphatic rings. The third-order valence-corrected chi connectivity index (χ3v) is 4.71. The van der Waals surface area contributed by atoms with Crippen molar-refractivity contribution in [3.8, 4) is 11.5 Å². The first-order valence-corrected chi connectivity index (χ1v) is 8.98. The maximum Gasteiger partial charge on any atom is 0.229 e. The largest absolute Gasteiger partial charge is 0.493 e. The molecule has 0 bridgehead atoms. The topological polar surface area (TPSA) is 71.5 Å². The van der Waals surface area contributed by atoms with Crippen LogP contribution in [0.25, 0.3) is 0 Å². The quantitative estimate of drug-likeness (QED) is 0.752. The minimum Gasteiger partial charge on any atom is -0.493 e. The molecule has 1 aromatic carbocycles. The minimum absolute atomic E-state index is 0.528. The van der Waals surface area contributed by atoms with Crippen molar-refractivity contribution in [2.45, 2.75) is 25.3 Å². The van der Waals surface area contributed by atoms with E-state index in [1.165, 1.54) is 19.4 Å². The molecule has 1 unspecified atom stereocenters. The van der Waals surface area contributed by atoms with Crippen LogP contribution in [-0.4, -0.2) is 55.3 Å². The number of likely N-dealkylation sites (tertiary alicyclic amines) is 1. The summed E-state index contributed by atoms with van der Waals surface area (Å²) in [6, 6.07) is 8.16. The fourth-order valence-corrected chi connectivity index (χ4v) is 3.20. The number of hydrogen-bond acceptors (Lipinski definition) is 7. The summed E-state index contributed by atoms with van der Waals surface area (Å²) in [5.74, 6) is 2.73. The van der Waals surface area contributed by atoms with E-state index in [2.05, 4.69) is 32.5 Å². The molecule has 0 spiro atoms. The number of methoxy groups -OCH3 is 1. The van der Waals surface area contributed by atoms with Crippen LogP contribution < -0.4 is 20.1 Å². The number of hydrogen-bond donors (Lipinski definition) is 2. The summed E-state index contributed by atoms with van der Waals surface area (Å²) in [5.41, 5.74) is 0.854. The van der Waals surface area contributed by atoms with E-state index in [0.29, 0.717) is 18.6 Å². The monoisotopic (exact) mass is 357 g/mol. The molecular formula is C19H27N5O2. The normalized spacial score (nSPS) is 17.1. The second kappa shape index (κ2) is 8.71. The van der Waals surface area contributed by atoms with Crippen molar-refractivity contribution in [1.82, 2.24) is 14.9 Å². The highest BCUT2D eigenvalue weighted by Crippen LogP contribution is 2.31. The summed E-state index contributed by atoms with van der Waals surface area (Å²) in [6.45, 7) is 1.85. The molecule has 2 aromatic rings. The summed E-state index contributed by atoms with van der Waals surface area (Å²) in [4.78, 5) is 11.0. The van der Waals surface area contributed by atoms with E-state index < -0.39 is 0 Å². The number of ether oxygens (including phenoxy) is 2. The van der Waals surface area contributed by atoms with E-state index >= 15 is 0 Å². The lowest BCUT2D eigenvalue weighted by Gasteiger charge is -2.20. The molecule has 0 saturated carbocycles. The minimum atomic E-state index is 0.528. The van der Waals surface area contributed by atoms with Gasteiger partial charge in [-0.15, -0.1) is 0 Å². The zero-order chi connectivity index (χ0) is 18.4. The maximum atomic E-state index is 6.02. The van der Waals surface area contributed by atoms with Gasteiger partial charge in [-0.05, 0) is 51.1 Å². The third kappa shape index (κ3) is 4.54. The number of rotatable bonds is 8. The highest BCUT2D eigenvalue weighted by Gasteiger charge is 2.20. The van der Waals surface area contributed by atoms with Gasteiger partial charge in [-0.1, -0.05) is 0 Å².